The van der Waals surface area contributed by atoms with Crippen LogP contribution in [0.5, 0.6) is 5.75 Å². The molecule has 3 rings (SSSR count). The fourth-order valence-corrected chi connectivity index (χ4v) is 3.57. The second-order valence-corrected chi connectivity index (χ2v) is 7.56. The fourth-order valence-electron chi connectivity index (χ4n) is 3.10. The summed E-state index contributed by atoms with van der Waals surface area (Å²) in [5.41, 5.74) is 2.57. The van der Waals surface area contributed by atoms with Gasteiger partial charge in [0.15, 0.2) is 0 Å². The van der Waals surface area contributed by atoms with Gasteiger partial charge in [-0.05, 0) is 65.1 Å². The van der Waals surface area contributed by atoms with Gasteiger partial charge in [-0.3, -0.25) is 0 Å². The van der Waals surface area contributed by atoms with Gasteiger partial charge >= 0.3 is 0 Å². The van der Waals surface area contributed by atoms with Crippen LogP contribution in [0.1, 0.15) is 37.8 Å². The Bertz CT molecular complexity index is 654. The molecule has 0 radical (unpaired) electrons. The average molecular weight is 411 g/mol. The van der Waals surface area contributed by atoms with Crippen molar-refractivity contribution in [3.8, 4) is 5.75 Å². The highest BCUT2D eigenvalue weighted by Gasteiger charge is 2.24. The molecule has 0 atom stereocenters. The minimum Gasteiger partial charge on any atom is -0.489 e. The van der Waals surface area contributed by atoms with Gasteiger partial charge in [0.1, 0.15) is 11.9 Å². The van der Waals surface area contributed by atoms with Crippen molar-refractivity contribution < 1.29 is 4.74 Å². The maximum Gasteiger partial charge on any atom is 0.133 e. The number of halogens is 2. The molecule has 0 aliphatic carbocycles. The molecule has 1 aliphatic heterocycles. The van der Waals surface area contributed by atoms with E-state index in [4.69, 9.17) is 4.74 Å². The Morgan fingerprint density at radius 2 is 1.67 bits per heavy atom. The summed E-state index contributed by atoms with van der Waals surface area (Å²) in [5, 5.41) is 3.37. The van der Waals surface area contributed by atoms with E-state index in [-0.39, 0.29) is 17.8 Å². The zero-order valence-electron chi connectivity index (χ0n) is 14.2. The Balaban J connectivity index is 0.00000208. The summed E-state index contributed by atoms with van der Waals surface area (Å²) in [6.07, 6.45) is 2.47. The minimum atomic E-state index is -0.0307. The Morgan fingerprint density at radius 3 is 2.29 bits per heavy atom. The highest BCUT2D eigenvalue weighted by molar-refractivity contribution is 9.10. The minimum absolute atomic E-state index is 0. The van der Waals surface area contributed by atoms with Crippen LogP contribution in [0.2, 0.25) is 0 Å². The number of hydrogen-bond donors (Lipinski definition) is 1. The van der Waals surface area contributed by atoms with E-state index in [0.29, 0.717) is 6.10 Å². The molecule has 0 amide bonds. The number of nitrogens with one attached hydrogen (secondary N) is 1. The largest absolute Gasteiger partial charge is 0.489 e. The fraction of sp³-hybridized carbons (Fsp3) is 0.400. The molecule has 0 aromatic heterocycles. The van der Waals surface area contributed by atoms with Crippen LogP contribution in [0.4, 0.5) is 0 Å². The monoisotopic (exact) mass is 409 g/mol. The molecule has 1 fully saturated rings. The molecule has 4 heteroatoms. The lowest BCUT2D eigenvalue weighted by Gasteiger charge is -2.28. The van der Waals surface area contributed by atoms with Crippen LogP contribution < -0.4 is 10.1 Å². The first kappa shape index (κ1) is 19.3. The van der Waals surface area contributed by atoms with E-state index in [1.54, 1.807) is 0 Å². The Kier molecular flexibility index (Phi) is 6.73. The molecule has 0 saturated carbocycles. The molecule has 2 aromatic rings. The maximum absolute atomic E-state index is 6.17. The van der Waals surface area contributed by atoms with Crippen molar-refractivity contribution in [2.24, 2.45) is 0 Å². The summed E-state index contributed by atoms with van der Waals surface area (Å²) >= 11 is 3.70. The number of piperidine rings is 1. The van der Waals surface area contributed by atoms with Gasteiger partial charge in [0, 0.05) is 5.41 Å². The Hall–Kier alpha value is -1.03. The SMILES string of the molecule is CC(C)(c1ccccc1)c1ccc(OC2CCNCC2)c(Br)c1.Cl. The van der Waals surface area contributed by atoms with E-state index in [9.17, 15) is 0 Å². The van der Waals surface area contributed by atoms with Crippen LogP contribution in [0.25, 0.3) is 0 Å². The molecular formula is C20H25BrClNO. The molecule has 0 spiro atoms. The highest BCUT2D eigenvalue weighted by atomic mass is 79.9. The summed E-state index contributed by atoms with van der Waals surface area (Å²) in [5.74, 6) is 0.949. The second kappa shape index (κ2) is 8.37. The standard InChI is InChI=1S/C20H24BrNO.ClH/c1-20(2,15-6-4-3-5-7-15)16-8-9-19(18(21)14-16)23-17-10-12-22-13-11-17;/h3-9,14,17,22H,10-13H2,1-2H3;1H. The number of hydrogen-bond acceptors (Lipinski definition) is 2. The summed E-state index contributed by atoms with van der Waals surface area (Å²) in [4.78, 5) is 0. The Morgan fingerprint density at radius 1 is 1.00 bits per heavy atom. The zero-order chi connectivity index (χ0) is 16.3. The van der Waals surface area contributed by atoms with E-state index >= 15 is 0 Å². The van der Waals surface area contributed by atoms with Crippen molar-refractivity contribution in [3.63, 3.8) is 0 Å². The van der Waals surface area contributed by atoms with Crippen LogP contribution in [-0.2, 0) is 5.41 Å². The van der Waals surface area contributed by atoms with E-state index in [1.165, 1.54) is 11.1 Å². The van der Waals surface area contributed by atoms with Gasteiger partial charge in [0.05, 0.1) is 4.47 Å². The average Bonchev–Trinajstić information content (AvgIpc) is 2.58. The van der Waals surface area contributed by atoms with Crippen molar-refractivity contribution in [3.05, 3.63) is 64.1 Å². The normalized spacial score (nSPS) is 15.6. The second-order valence-electron chi connectivity index (χ2n) is 6.70. The summed E-state index contributed by atoms with van der Waals surface area (Å²) in [6, 6.07) is 17.1. The van der Waals surface area contributed by atoms with E-state index < -0.39 is 0 Å². The van der Waals surface area contributed by atoms with Gasteiger partial charge in [0.25, 0.3) is 0 Å². The molecule has 1 heterocycles. The van der Waals surface area contributed by atoms with Crippen molar-refractivity contribution >= 4 is 28.3 Å². The summed E-state index contributed by atoms with van der Waals surface area (Å²) in [6.45, 7) is 6.61. The lowest BCUT2D eigenvalue weighted by molar-refractivity contribution is 0.161. The van der Waals surface area contributed by atoms with Gasteiger partial charge in [0.2, 0.25) is 0 Å². The van der Waals surface area contributed by atoms with Crippen LogP contribution in [0.15, 0.2) is 53.0 Å². The van der Waals surface area contributed by atoms with Crippen LogP contribution >= 0.6 is 28.3 Å². The van der Waals surface area contributed by atoms with Gasteiger partial charge in [-0.15, -0.1) is 12.4 Å². The Labute approximate surface area is 159 Å². The quantitative estimate of drug-likeness (QED) is 0.736. The third-order valence-corrected chi connectivity index (χ3v) is 5.35. The number of ether oxygens (including phenoxy) is 1. The highest BCUT2D eigenvalue weighted by Crippen LogP contribution is 2.36. The molecule has 0 bridgehead atoms. The van der Waals surface area contributed by atoms with E-state index in [1.807, 2.05) is 0 Å². The van der Waals surface area contributed by atoms with Crippen molar-refractivity contribution in [1.82, 2.24) is 5.32 Å². The lowest BCUT2D eigenvalue weighted by Crippen LogP contribution is -2.34. The molecule has 2 nitrogen and oxygen atoms in total. The topological polar surface area (TPSA) is 21.3 Å². The van der Waals surface area contributed by atoms with Crippen molar-refractivity contribution in [2.75, 3.05) is 13.1 Å². The zero-order valence-corrected chi connectivity index (χ0v) is 16.6. The van der Waals surface area contributed by atoms with Crippen LogP contribution in [0.3, 0.4) is 0 Å². The molecule has 1 saturated heterocycles. The number of rotatable bonds is 4. The molecule has 1 aliphatic rings. The first-order chi connectivity index (χ1) is 11.1. The predicted octanol–water partition coefficient (Wildman–Crippen LogP) is 5.33. The first-order valence-electron chi connectivity index (χ1n) is 8.30. The van der Waals surface area contributed by atoms with Crippen molar-refractivity contribution in [2.45, 2.75) is 38.2 Å². The number of benzene rings is 2. The van der Waals surface area contributed by atoms with E-state index in [2.05, 4.69) is 83.6 Å². The summed E-state index contributed by atoms with van der Waals surface area (Å²) in [7, 11) is 0. The van der Waals surface area contributed by atoms with Gasteiger partial charge in [-0.1, -0.05) is 50.2 Å². The smallest absolute Gasteiger partial charge is 0.133 e. The van der Waals surface area contributed by atoms with Gasteiger partial charge < -0.3 is 10.1 Å². The first-order valence-corrected chi connectivity index (χ1v) is 9.09. The molecular weight excluding hydrogens is 386 g/mol. The third kappa shape index (κ3) is 4.33. The third-order valence-electron chi connectivity index (χ3n) is 4.73. The summed E-state index contributed by atoms with van der Waals surface area (Å²) < 4.78 is 7.21. The van der Waals surface area contributed by atoms with Crippen molar-refractivity contribution in [1.29, 1.82) is 0 Å². The van der Waals surface area contributed by atoms with Gasteiger partial charge in [-0.25, -0.2) is 0 Å². The molecule has 24 heavy (non-hydrogen) atoms. The van der Waals surface area contributed by atoms with E-state index in [0.717, 1.165) is 36.2 Å². The molecule has 0 unspecified atom stereocenters. The van der Waals surface area contributed by atoms with Crippen LogP contribution in [0, 0.1) is 0 Å². The van der Waals surface area contributed by atoms with Gasteiger partial charge in [-0.2, -0.15) is 0 Å². The van der Waals surface area contributed by atoms with Crippen LogP contribution in [-0.4, -0.2) is 19.2 Å². The molecule has 130 valence electrons. The lowest BCUT2D eigenvalue weighted by atomic mass is 9.78. The predicted molar refractivity (Wildman–Crippen MR) is 106 cm³/mol. The maximum atomic E-state index is 6.17. The molecule has 1 N–H and O–H groups in total. The molecule has 2 aromatic carbocycles.